The summed E-state index contributed by atoms with van der Waals surface area (Å²) in [7, 11) is 0. The number of hydrogen-bond donors (Lipinski definition) is 0. The molecule has 1 aliphatic rings. The summed E-state index contributed by atoms with van der Waals surface area (Å²) in [6.45, 7) is 3.76. The fourth-order valence-electron chi connectivity index (χ4n) is 3.72. The summed E-state index contributed by atoms with van der Waals surface area (Å²) in [5.41, 5.74) is 2.73. The van der Waals surface area contributed by atoms with Crippen LogP contribution in [-0.2, 0) is 0 Å². The molecule has 0 unspecified atom stereocenters. The van der Waals surface area contributed by atoms with Crippen molar-refractivity contribution in [3.8, 4) is 11.1 Å². The second kappa shape index (κ2) is 6.82. The molecule has 1 saturated carbocycles. The van der Waals surface area contributed by atoms with Crippen LogP contribution in [0.1, 0.15) is 56.1 Å². The van der Waals surface area contributed by atoms with Crippen LogP contribution in [-0.4, -0.2) is 0 Å². The molecule has 23 heavy (non-hydrogen) atoms. The van der Waals surface area contributed by atoms with Crippen LogP contribution >= 0.6 is 0 Å². The SMILES string of the molecule is CCC1CCC(c2ccc(-c3ccc(F)c(C)c3F)cc2)CC1. The van der Waals surface area contributed by atoms with Gasteiger partial charge in [0.25, 0.3) is 0 Å². The van der Waals surface area contributed by atoms with Crippen molar-refractivity contribution < 1.29 is 8.78 Å². The summed E-state index contributed by atoms with van der Waals surface area (Å²) >= 11 is 0. The van der Waals surface area contributed by atoms with Gasteiger partial charge in [-0.3, -0.25) is 0 Å². The molecule has 122 valence electrons. The van der Waals surface area contributed by atoms with Crippen LogP contribution in [0.15, 0.2) is 36.4 Å². The third-order valence-corrected chi connectivity index (χ3v) is 5.44. The Labute approximate surface area is 137 Å². The molecule has 0 N–H and O–H groups in total. The van der Waals surface area contributed by atoms with Crippen LogP contribution < -0.4 is 0 Å². The molecule has 0 atom stereocenters. The van der Waals surface area contributed by atoms with Crippen LogP contribution in [0, 0.1) is 24.5 Å². The standard InChI is InChI=1S/C21H24F2/c1-3-15-4-6-16(7-5-15)17-8-10-18(11-9-17)19-12-13-20(22)14(2)21(19)23/h8-13,15-16H,3-7H2,1-2H3. The number of halogens is 2. The molecule has 0 saturated heterocycles. The van der Waals surface area contributed by atoms with Gasteiger partial charge in [0.1, 0.15) is 11.6 Å². The smallest absolute Gasteiger partial charge is 0.136 e. The Bertz CT molecular complexity index is 665. The van der Waals surface area contributed by atoms with Crippen LogP contribution in [0.5, 0.6) is 0 Å². The molecular formula is C21H24F2. The van der Waals surface area contributed by atoms with Gasteiger partial charge < -0.3 is 0 Å². The van der Waals surface area contributed by atoms with Gasteiger partial charge in [0, 0.05) is 11.1 Å². The molecule has 3 rings (SSSR count). The molecule has 2 aromatic rings. The zero-order chi connectivity index (χ0) is 16.4. The first-order chi connectivity index (χ1) is 11.1. The molecule has 0 amide bonds. The minimum absolute atomic E-state index is 0.0875. The van der Waals surface area contributed by atoms with Gasteiger partial charge in [-0.1, -0.05) is 37.6 Å². The van der Waals surface area contributed by atoms with Crippen LogP contribution in [0.25, 0.3) is 11.1 Å². The monoisotopic (exact) mass is 314 g/mol. The maximum Gasteiger partial charge on any atom is 0.136 e. The molecule has 0 bridgehead atoms. The van der Waals surface area contributed by atoms with Gasteiger partial charge in [-0.2, -0.15) is 0 Å². The average Bonchev–Trinajstić information content (AvgIpc) is 2.60. The van der Waals surface area contributed by atoms with Gasteiger partial charge in [-0.05, 0) is 67.7 Å². The van der Waals surface area contributed by atoms with E-state index in [0.717, 1.165) is 11.5 Å². The first-order valence-corrected chi connectivity index (χ1v) is 8.65. The van der Waals surface area contributed by atoms with E-state index in [4.69, 9.17) is 0 Å². The highest BCUT2D eigenvalue weighted by molar-refractivity contribution is 5.65. The van der Waals surface area contributed by atoms with Crippen molar-refractivity contribution in [2.24, 2.45) is 5.92 Å². The lowest BCUT2D eigenvalue weighted by Gasteiger charge is -2.28. The molecule has 0 aliphatic heterocycles. The van der Waals surface area contributed by atoms with Crippen molar-refractivity contribution in [1.82, 2.24) is 0 Å². The van der Waals surface area contributed by atoms with Gasteiger partial charge in [-0.15, -0.1) is 0 Å². The summed E-state index contributed by atoms with van der Waals surface area (Å²) in [5.74, 6) is 0.574. The fraction of sp³-hybridized carbons (Fsp3) is 0.429. The van der Waals surface area contributed by atoms with E-state index in [2.05, 4.69) is 19.1 Å². The van der Waals surface area contributed by atoms with E-state index in [9.17, 15) is 8.78 Å². The summed E-state index contributed by atoms with van der Waals surface area (Å²) in [6, 6.07) is 11.0. The lowest BCUT2D eigenvalue weighted by atomic mass is 9.77. The average molecular weight is 314 g/mol. The Morgan fingerprint density at radius 3 is 2.17 bits per heavy atom. The maximum absolute atomic E-state index is 14.2. The predicted octanol–water partition coefficient (Wildman–Crippen LogP) is 6.62. The van der Waals surface area contributed by atoms with Crippen molar-refractivity contribution in [2.75, 3.05) is 0 Å². The first-order valence-electron chi connectivity index (χ1n) is 8.65. The van der Waals surface area contributed by atoms with Crippen molar-refractivity contribution in [1.29, 1.82) is 0 Å². The minimum atomic E-state index is -0.490. The van der Waals surface area contributed by atoms with E-state index in [1.54, 1.807) is 0 Å². The highest BCUT2D eigenvalue weighted by Crippen LogP contribution is 2.37. The predicted molar refractivity (Wildman–Crippen MR) is 91.5 cm³/mol. The second-order valence-corrected chi connectivity index (χ2v) is 6.78. The van der Waals surface area contributed by atoms with E-state index in [1.807, 2.05) is 12.1 Å². The minimum Gasteiger partial charge on any atom is -0.207 e. The maximum atomic E-state index is 14.2. The normalized spacial score (nSPS) is 21.4. The quantitative estimate of drug-likeness (QED) is 0.597. The Kier molecular flexibility index (Phi) is 4.79. The van der Waals surface area contributed by atoms with Gasteiger partial charge in [0.15, 0.2) is 0 Å². The molecule has 2 aromatic carbocycles. The Morgan fingerprint density at radius 2 is 1.57 bits per heavy atom. The van der Waals surface area contributed by atoms with Gasteiger partial charge in [0.2, 0.25) is 0 Å². The fourth-order valence-corrected chi connectivity index (χ4v) is 3.72. The molecule has 2 heteroatoms. The summed E-state index contributed by atoms with van der Waals surface area (Å²) < 4.78 is 27.6. The van der Waals surface area contributed by atoms with Crippen LogP contribution in [0.4, 0.5) is 8.78 Å². The molecule has 0 aromatic heterocycles. The molecule has 0 nitrogen and oxygen atoms in total. The van der Waals surface area contributed by atoms with Crippen molar-refractivity contribution in [3.05, 3.63) is 59.2 Å². The van der Waals surface area contributed by atoms with Crippen LogP contribution in [0.2, 0.25) is 0 Å². The Balaban J connectivity index is 1.79. The number of rotatable bonds is 3. The topological polar surface area (TPSA) is 0 Å². The molecular weight excluding hydrogens is 290 g/mol. The van der Waals surface area contributed by atoms with Crippen LogP contribution in [0.3, 0.4) is 0 Å². The third-order valence-electron chi connectivity index (χ3n) is 5.44. The van der Waals surface area contributed by atoms with E-state index in [-0.39, 0.29) is 5.56 Å². The Morgan fingerprint density at radius 1 is 0.913 bits per heavy atom. The van der Waals surface area contributed by atoms with Crippen molar-refractivity contribution >= 4 is 0 Å². The Hall–Kier alpha value is -1.70. The largest absolute Gasteiger partial charge is 0.207 e. The molecule has 1 aliphatic carbocycles. The van der Waals surface area contributed by atoms with Crippen molar-refractivity contribution in [3.63, 3.8) is 0 Å². The molecule has 1 fully saturated rings. The number of hydrogen-bond acceptors (Lipinski definition) is 0. The molecule has 0 radical (unpaired) electrons. The summed E-state index contributed by atoms with van der Waals surface area (Å²) in [6.07, 6.45) is 6.42. The van der Waals surface area contributed by atoms with E-state index in [1.165, 1.54) is 56.7 Å². The highest BCUT2D eigenvalue weighted by atomic mass is 19.1. The zero-order valence-corrected chi connectivity index (χ0v) is 13.9. The summed E-state index contributed by atoms with van der Waals surface area (Å²) in [4.78, 5) is 0. The van der Waals surface area contributed by atoms with Gasteiger partial charge >= 0.3 is 0 Å². The van der Waals surface area contributed by atoms with E-state index < -0.39 is 11.6 Å². The highest BCUT2D eigenvalue weighted by Gasteiger charge is 2.21. The molecule has 0 heterocycles. The third kappa shape index (κ3) is 3.31. The van der Waals surface area contributed by atoms with Crippen molar-refractivity contribution in [2.45, 2.75) is 51.9 Å². The van der Waals surface area contributed by atoms with Gasteiger partial charge in [0.05, 0.1) is 0 Å². The second-order valence-electron chi connectivity index (χ2n) is 6.78. The number of benzene rings is 2. The lowest BCUT2D eigenvalue weighted by molar-refractivity contribution is 0.319. The lowest BCUT2D eigenvalue weighted by Crippen LogP contribution is -2.12. The first kappa shape index (κ1) is 16.2. The zero-order valence-electron chi connectivity index (χ0n) is 13.9. The van der Waals surface area contributed by atoms with E-state index in [0.29, 0.717) is 11.5 Å². The summed E-state index contributed by atoms with van der Waals surface area (Å²) in [5, 5.41) is 0. The molecule has 0 spiro atoms. The van der Waals surface area contributed by atoms with E-state index >= 15 is 0 Å². The van der Waals surface area contributed by atoms with Gasteiger partial charge in [-0.25, -0.2) is 8.78 Å².